The number of halogens is 5. The van der Waals surface area contributed by atoms with Gasteiger partial charge in [0.05, 0.1) is 63.5 Å². The van der Waals surface area contributed by atoms with Crippen LogP contribution in [0.25, 0.3) is 32.7 Å². The Bertz CT molecular complexity index is 1790. The predicted molar refractivity (Wildman–Crippen MR) is 138 cm³/mol. The average Bonchev–Trinajstić information content (AvgIpc) is 3.64. The summed E-state index contributed by atoms with van der Waals surface area (Å²) in [6.45, 7) is 0. The van der Waals surface area contributed by atoms with E-state index in [1.807, 2.05) is 0 Å². The van der Waals surface area contributed by atoms with E-state index in [0.717, 1.165) is 24.8 Å². The summed E-state index contributed by atoms with van der Waals surface area (Å²) in [5.74, 6) is -1.51. The molecule has 0 aliphatic rings. The van der Waals surface area contributed by atoms with Crippen molar-refractivity contribution in [3.05, 3.63) is 97.4 Å². The predicted octanol–water partition coefficient (Wildman–Crippen LogP) is 5.56. The van der Waals surface area contributed by atoms with Crippen LogP contribution < -0.4 is 5.73 Å². The topological polar surface area (TPSA) is 219 Å². The van der Waals surface area contributed by atoms with Crippen molar-refractivity contribution in [2.24, 2.45) is 0 Å². The summed E-state index contributed by atoms with van der Waals surface area (Å²) >= 11 is 11.3. The highest BCUT2D eigenvalue weighted by Crippen LogP contribution is 2.30. The summed E-state index contributed by atoms with van der Waals surface area (Å²) in [6.07, 6.45) is 8.91. The van der Waals surface area contributed by atoms with Gasteiger partial charge in [-0.15, -0.1) is 10.1 Å². The fourth-order valence-electron chi connectivity index (χ4n) is 3.26. The summed E-state index contributed by atoms with van der Waals surface area (Å²) in [7, 11) is 0. The second kappa shape index (κ2) is 12.6. The lowest BCUT2D eigenvalue weighted by Crippen LogP contribution is -1.88. The van der Waals surface area contributed by atoms with E-state index >= 15 is 0 Å². The van der Waals surface area contributed by atoms with Crippen LogP contribution in [0.1, 0.15) is 0 Å². The Hall–Kier alpha value is -5.16. The first-order chi connectivity index (χ1) is 18.9. The van der Waals surface area contributed by atoms with Crippen molar-refractivity contribution in [1.29, 1.82) is 0 Å². The number of pyridine rings is 3. The first kappa shape index (κ1) is 29.4. The third-order valence-electron chi connectivity index (χ3n) is 4.87. The van der Waals surface area contributed by atoms with Crippen molar-refractivity contribution >= 4 is 67.3 Å². The first-order valence-corrected chi connectivity index (χ1v) is 11.1. The number of nitrogens with zero attached hydrogens (tertiary/aromatic N) is 5. The maximum atomic E-state index is 13.2. The van der Waals surface area contributed by atoms with Gasteiger partial charge in [0, 0.05) is 17.8 Å². The molecule has 40 heavy (non-hydrogen) atoms. The first-order valence-electron chi connectivity index (χ1n) is 10.3. The molecule has 0 unspecified atom stereocenters. The van der Waals surface area contributed by atoms with Gasteiger partial charge in [0.25, 0.3) is 10.8 Å². The molecule has 0 spiro atoms. The van der Waals surface area contributed by atoms with E-state index in [4.69, 9.17) is 44.3 Å². The molecule has 19 heteroatoms. The number of anilines is 1. The quantitative estimate of drug-likeness (QED) is 0.0905. The zero-order valence-electron chi connectivity index (χ0n) is 19.4. The van der Waals surface area contributed by atoms with E-state index < -0.39 is 15.8 Å². The molecule has 14 nitrogen and oxygen atoms in total. The van der Waals surface area contributed by atoms with Crippen LogP contribution in [0.5, 0.6) is 0 Å². The van der Waals surface area contributed by atoms with Crippen LogP contribution in [0, 0.1) is 37.7 Å². The highest BCUT2D eigenvalue weighted by molar-refractivity contribution is 6.34. The molecule has 0 radical (unpaired) electrons. The fraction of sp³-hybridized carbons (Fsp3) is 0. The smallest absolute Gasteiger partial charge is 0.297 e. The van der Waals surface area contributed by atoms with E-state index in [1.54, 1.807) is 18.5 Å². The van der Waals surface area contributed by atoms with Gasteiger partial charge < -0.3 is 25.9 Å². The van der Waals surface area contributed by atoms with Gasteiger partial charge in [-0.1, -0.05) is 23.2 Å². The zero-order chi connectivity index (χ0) is 29.6. The molecule has 6 rings (SSSR count). The van der Waals surface area contributed by atoms with Crippen molar-refractivity contribution in [2.75, 3.05) is 5.73 Å². The molecule has 6 heterocycles. The third-order valence-corrected chi connectivity index (χ3v) is 5.44. The summed E-state index contributed by atoms with van der Waals surface area (Å²) < 4.78 is 39.0. The second-order valence-electron chi connectivity index (χ2n) is 7.27. The molecule has 0 amide bonds. The van der Waals surface area contributed by atoms with Crippen molar-refractivity contribution in [3.63, 3.8) is 0 Å². The number of hydrogen-bond donors (Lipinski definition) is 5. The minimum Gasteiger partial charge on any atom is -0.397 e. The Labute approximate surface area is 228 Å². The summed E-state index contributed by atoms with van der Waals surface area (Å²) in [4.78, 5) is 37.1. The minimum atomic E-state index is -1.50. The number of aromatic amines is 3. The number of fused-ring (bicyclic) bond motifs is 3. The highest BCUT2D eigenvalue weighted by Gasteiger charge is 2.20. The summed E-state index contributed by atoms with van der Waals surface area (Å²) in [5.41, 5.74) is 6.86. The normalized spacial score (nSPS) is 10.2. The van der Waals surface area contributed by atoms with Gasteiger partial charge >= 0.3 is 0 Å². The Balaban J connectivity index is 0.000000156. The van der Waals surface area contributed by atoms with Crippen LogP contribution in [0.2, 0.25) is 10.3 Å². The Morgan fingerprint density at radius 1 is 0.850 bits per heavy atom. The average molecular weight is 600 g/mol. The second-order valence-corrected chi connectivity index (χ2v) is 7.98. The van der Waals surface area contributed by atoms with Gasteiger partial charge in [-0.3, -0.25) is 15.1 Å². The van der Waals surface area contributed by atoms with Gasteiger partial charge in [0.2, 0.25) is 0 Å². The van der Waals surface area contributed by atoms with Crippen molar-refractivity contribution < 1.29 is 28.4 Å². The Morgan fingerprint density at radius 3 is 2.05 bits per heavy atom. The zero-order valence-corrected chi connectivity index (χ0v) is 20.9. The fourth-order valence-corrected chi connectivity index (χ4v) is 3.66. The van der Waals surface area contributed by atoms with E-state index in [1.165, 1.54) is 6.20 Å². The summed E-state index contributed by atoms with van der Waals surface area (Å²) in [5, 5.41) is 25.2. The van der Waals surface area contributed by atoms with Crippen LogP contribution in [0.15, 0.2) is 49.4 Å². The number of aromatic nitrogens is 6. The molecule has 0 atom stereocenters. The van der Waals surface area contributed by atoms with Crippen LogP contribution in [0.4, 0.5) is 24.5 Å². The van der Waals surface area contributed by atoms with E-state index in [2.05, 4.69) is 29.9 Å². The lowest BCUT2D eigenvalue weighted by molar-refractivity contribution is -0.742. The minimum absolute atomic E-state index is 0.00880. The van der Waals surface area contributed by atoms with Crippen molar-refractivity contribution in [1.82, 2.24) is 29.9 Å². The SMILES string of the molecule is Fc1cnc(Cl)c2[nH]ccc12.Nc1c[nH]c2cncc(F)c12.O=[N+]([O-])O.O=[N+]([O-])c1c[nH]c2c(Cl)ncc(F)c12. The van der Waals surface area contributed by atoms with Crippen LogP contribution in [0.3, 0.4) is 0 Å². The van der Waals surface area contributed by atoms with Crippen LogP contribution in [-0.2, 0) is 0 Å². The molecule has 6 aromatic rings. The maximum absolute atomic E-state index is 13.2. The van der Waals surface area contributed by atoms with E-state index in [9.17, 15) is 23.3 Å². The van der Waals surface area contributed by atoms with Crippen LogP contribution >= 0.6 is 23.2 Å². The van der Waals surface area contributed by atoms with Crippen molar-refractivity contribution in [3.8, 4) is 0 Å². The molecular formula is C21H14Cl2F3N9O5. The molecule has 0 aliphatic carbocycles. The molecular weight excluding hydrogens is 586 g/mol. The number of nitrogens with two attached hydrogens (primary N) is 1. The molecule has 0 bridgehead atoms. The summed E-state index contributed by atoms with van der Waals surface area (Å²) in [6, 6.07) is 1.62. The third kappa shape index (κ3) is 6.63. The molecule has 6 N–H and O–H groups in total. The van der Waals surface area contributed by atoms with Gasteiger partial charge in [-0.05, 0) is 6.07 Å². The molecule has 208 valence electrons. The van der Waals surface area contributed by atoms with E-state index in [-0.39, 0.29) is 33.4 Å². The van der Waals surface area contributed by atoms with Crippen LogP contribution in [-0.4, -0.2) is 45.1 Å². The van der Waals surface area contributed by atoms with Gasteiger partial charge in [-0.25, -0.2) is 23.1 Å². The standard InChI is InChI=1S/C7H3ClFN3O2.C7H4ClFN2.C7H6FN3.HNO3/c8-7-6-5(3(9)1-11-7)4(2-10-6)12(13)14;8-7-6-4(1-2-10-6)5(9)3-11-7;8-4-1-10-3-6-7(4)5(9)2-11-6;2-1(3)4/h1-2,10H;1-3,10H;1-3,11H,9H2;(H,2,3,4). The molecule has 0 saturated carbocycles. The largest absolute Gasteiger partial charge is 0.397 e. The molecule has 6 aromatic heterocycles. The molecule has 0 aliphatic heterocycles. The molecule has 0 fully saturated rings. The Kier molecular flexibility index (Phi) is 9.25. The lowest BCUT2D eigenvalue weighted by atomic mass is 10.3. The highest BCUT2D eigenvalue weighted by atomic mass is 35.5. The molecule has 0 aromatic carbocycles. The number of rotatable bonds is 1. The van der Waals surface area contributed by atoms with Gasteiger partial charge in [-0.2, -0.15) is 0 Å². The van der Waals surface area contributed by atoms with Gasteiger partial charge in [0.15, 0.2) is 27.8 Å². The van der Waals surface area contributed by atoms with Gasteiger partial charge in [0.1, 0.15) is 5.39 Å². The van der Waals surface area contributed by atoms with E-state index in [0.29, 0.717) is 32.6 Å². The lowest BCUT2D eigenvalue weighted by Gasteiger charge is -1.93. The van der Waals surface area contributed by atoms with Crippen molar-refractivity contribution in [2.45, 2.75) is 0 Å². The number of H-pyrrole nitrogens is 3. The number of nitrogen functional groups attached to an aromatic ring is 1. The number of hydrogen-bond acceptors (Lipinski definition) is 8. The Morgan fingerprint density at radius 2 is 1.45 bits per heavy atom. The maximum Gasteiger partial charge on any atom is 0.297 e. The number of nitro groups is 1. The number of nitrogens with one attached hydrogen (secondary N) is 3. The monoisotopic (exact) mass is 599 g/mol. The molecule has 0 saturated heterocycles.